The van der Waals surface area contributed by atoms with Gasteiger partial charge in [0, 0.05) is 11.7 Å². The second-order valence-corrected chi connectivity index (χ2v) is 6.48. The molecule has 0 heterocycles. The molecule has 120 valence electrons. The fraction of sp³-hybridized carbons (Fsp3) is 0.350. The van der Waals surface area contributed by atoms with Gasteiger partial charge in [0.15, 0.2) is 0 Å². The molecule has 3 rings (SSSR count). The molecule has 0 aliphatic heterocycles. The number of rotatable bonds is 4. The fourth-order valence-corrected chi connectivity index (χ4v) is 3.52. The monoisotopic (exact) mass is 308 g/mol. The summed E-state index contributed by atoms with van der Waals surface area (Å²) in [7, 11) is 2.04. The molecule has 0 saturated heterocycles. The van der Waals surface area contributed by atoms with E-state index in [1.807, 2.05) is 39.1 Å². The number of nitrogens with zero attached hydrogens (tertiary/aromatic N) is 1. The zero-order chi connectivity index (χ0) is 16.4. The first-order valence-electron chi connectivity index (χ1n) is 8.20. The number of nitrogens with one attached hydrogen (secondary N) is 1. The molecule has 3 nitrogen and oxygen atoms in total. The number of likely N-dealkylation sites (N-methyl/N-ethyl adjacent to an activating group) is 1. The first-order valence-corrected chi connectivity index (χ1v) is 8.20. The molecule has 1 aliphatic rings. The van der Waals surface area contributed by atoms with Gasteiger partial charge < -0.3 is 5.32 Å². The highest BCUT2D eigenvalue weighted by Gasteiger charge is 2.26. The number of carbonyl (C=O) groups excluding carboxylic acids is 1. The van der Waals surface area contributed by atoms with Crippen molar-refractivity contribution in [2.75, 3.05) is 18.9 Å². The standard InChI is InChI=1S/C20H24N2O/c1-14-7-6-8-15(2)20(14)21-19(23)13-22(3)18-12-11-16-9-4-5-10-17(16)18/h4-10,18H,11-13H2,1-3H3,(H,21,23)/t18-/m0/s1. The van der Waals surface area contributed by atoms with E-state index in [0.717, 1.165) is 29.7 Å². The van der Waals surface area contributed by atoms with Crippen molar-refractivity contribution in [3.05, 3.63) is 64.7 Å². The normalized spacial score (nSPS) is 16.4. The minimum absolute atomic E-state index is 0.0503. The Balaban J connectivity index is 1.67. The Kier molecular flexibility index (Phi) is 4.49. The van der Waals surface area contributed by atoms with Crippen molar-refractivity contribution in [1.29, 1.82) is 0 Å². The smallest absolute Gasteiger partial charge is 0.238 e. The summed E-state index contributed by atoms with van der Waals surface area (Å²) < 4.78 is 0. The van der Waals surface area contributed by atoms with Gasteiger partial charge in [-0.1, -0.05) is 42.5 Å². The van der Waals surface area contributed by atoms with Gasteiger partial charge in [-0.25, -0.2) is 0 Å². The third kappa shape index (κ3) is 3.30. The minimum atomic E-state index is 0.0503. The van der Waals surface area contributed by atoms with E-state index in [9.17, 15) is 4.79 Å². The number of hydrogen-bond acceptors (Lipinski definition) is 2. The molecule has 0 aromatic heterocycles. The lowest BCUT2D eigenvalue weighted by molar-refractivity contribution is -0.117. The molecule has 2 aromatic rings. The van der Waals surface area contributed by atoms with Crippen LogP contribution in [-0.4, -0.2) is 24.4 Å². The highest BCUT2D eigenvalue weighted by molar-refractivity contribution is 5.93. The average Bonchev–Trinajstić information content (AvgIpc) is 2.95. The number of para-hydroxylation sites is 1. The second-order valence-electron chi connectivity index (χ2n) is 6.48. The highest BCUT2D eigenvalue weighted by Crippen LogP contribution is 2.34. The quantitative estimate of drug-likeness (QED) is 0.930. The zero-order valence-corrected chi connectivity index (χ0v) is 14.1. The molecule has 1 atom stereocenters. The van der Waals surface area contributed by atoms with Crippen molar-refractivity contribution < 1.29 is 4.79 Å². The second kappa shape index (κ2) is 6.55. The van der Waals surface area contributed by atoms with Gasteiger partial charge in [-0.05, 0) is 56.0 Å². The van der Waals surface area contributed by atoms with E-state index in [2.05, 4.69) is 34.5 Å². The predicted molar refractivity (Wildman–Crippen MR) is 94.7 cm³/mol. The van der Waals surface area contributed by atoms with Crippen molar-refractivity contribution >= 4 is 11.6 Å². The van der Waals surface area contributed by atoms with Crippen LogP contribution in [0.25, 0.3) is 0 Å². The summed E-state index contributed by atoms with van der Waals surface area (Å²) in [6.45, 7) is 4.46. The largest absolute Gasteiger partial charge is 0.324 e. The Morgan fingerprint density at radius 3 is 2.57 bits per heavy atom. The molecule has 2 aromatic carbocycles. The molecule has 1 aliphatic carbocycles. The molecule has 0 saturated carbocycles. The van der Waals surface area contributed by atoms with E-state index in [1.54, 1.807) is 0 Å². The number of anilines is 1. The molecule has 1 amide bonds. The van der Waals surface area contributed by atoms with E-state index in [1.165, 1.54) is 11.1 Å². The van der Waals surface area contributed by atoms with Crippen molar-refractivity contribution in [2.24, 2.45) is 0 Å². The molecule has 0 unspecified atom stereocenters. The van der Waals surface area contributed by atoms with Crippen molar-refractivity contribution in [1.82, 2.24) is 4.90 Å². The summed E-state index contributed by atoms with van der Waals surface area (Å²) in [4.78, 5) is 14.6. The molecule has 0 radical (unpaired) electrons. The van der Waals surface area contributed by atoms with Gasteiger partial charge in [0.2, 0.25) is 5.91 Å². The zero-order valence-electron chi connectivity index (χ0n) is 14.1. The Hall–Kier alpha value is -2.13. The van der Waals surface area contributed by atoms with E-state index in [-0.39, 0.29) is 5.91 Å². The summed E-state index contributed by atoms with van der Waals surface area (Å²) in [5, 5.41) is 3.08. The Bertz CT molecular complexity index is 703. The molecule has 23 heavy (non-hydrogen) atoms. The van der Waals surface area contributed by atoms with Crippen LogP contribution in [0, 0.1) is 13.8 Å². The first-order chi connectivity index (χ1) is 11.1. The number of amides is 1. The van der Waals surface area contributed by atoms with Crippen LogP contribution in [0.2, 0.25) is 0 Å². The molecule has 1 N–H and O–H groups in total. The average molecular weight is 308 g/mol. The lowest BCUT2D eigenvalue weighted by Crippen LogP contribution is -2.32. The number of carbonyl (C=O) groups is 1. The van der Waals surface area contributed by atoms with Crippen LogP contribution in [0.15, 0.2) is 42.5 Å². The maximum absolute atomic E-state index is 12.4. The third-order valence-electron chi connectivity index (χ3n) is 4.77. The molecule has 0 bridgehead atoms. The summed E-state index contributed by atoms with van der Waals surface area (Å²) in [5.74, 6) is 0.0503. The lowest BCUT2D eigenvalue weighted by Gasteiger charge is -2.25. The van der Waals surface area contributed by atoms with Gasteiger partial charge in [-0.2, -0.15) is 0 Å². The van der Waals surface area contributed by atoms with Gasteiger partial charge >= 0.3 is 0 Å². The number of aryl methyl sites for hydroxylation is 3. The van der Waals surface area contributed by atoms with Gasteiger partial charge in [0.1, 0.15) is 0 Å². The lowest BCUT2D eigenvalue weighted by atomic mass is 10.1. The van der Waals surface area contributed by atoms with Crippen LogP contribution in [0.3, 0.4) is 0 Å². The van der Waals surface area contributed by atoms with Gasteiger partial charge in [0.05, 0.1) is 6.54 Å². The predicted octanol–water partition coefficient (Wildman–Crippen LogP) is 3.86. The Morgan fingerprint density at radius 1 is 1.13 bits per heavy atom. The van der Waals surface area contributed by atoms with Crippen LogP contribution < -0.4 is 5.32 Å². The molecule has 0 fully saturated rings. The van der Waals surface area contributed by atoms with Crippen LogP contribution in [-0.2, 0) is 11.2 Å². The van der Waals surface area contributed by atoms with Crippen molar-refractivity contribution in [3.8, 4) is 0 Å². The van der Waals surface area contributed by atoms with E-state index < -0.39 is 0 Å². The van der Waals surface area contributed by atoms with Crippen LogP contribution >= 0.6 is 0 Å². The summed E-state index contributed by atoms with van der Waals surface area (Å²) in [5.41, 5.74) is 5.94. The highest BCUT2D eigenvalue weighted by atomic mass is 16.2. The van der Waals surface area contributed by atoms with Gasteiger partial charge in [-0.15, -0.1) is 0 Å². The Labute approximate surface area is 138 Å². The summed E-state index contributed by atoms with van der Waals surface area (Å²) in [6, 6.07) is 15.0. The van der Waals surface area contributed by atoms with Crippen LogP contribution in [0.1, 0.15) is 34.7 Å². The molecule has 3 heteroatoms. The summed E-state index contributed by atoms with van der Waals surface area (Å²) in [6.07, 6.45) is 2.19. The SMILES string of the molecule is Cc1cccc(C)c1NC(=O)CN(C)[C@H]1CCc2ccccc21. The maximum Gasteiger partial charge on any atom is 0.238 e. The summed E-state index contributed by atoms with van der Waals surface area (Å²) >= 11 is 0. The van der Waals surface area contributed by atoms with Crippen molar-refractivity contribution in [2.45, 2.75) is 32.7 Å². The molecule has 0 spiro atoms. The Morgan fingerprint density at radius 2 is 1.83 bits per heavy atom. The third-order valence-corrected chi connectivity index (χ3v) is 4.77. The van der Waals surface area contributed by atoms with E-state index in [4.69, 9.17) is 0 Å². The number of benzene rings is 2. The van der Waals surface area contributed by atoms with E-state index >= 15 is 0 Å². The molecular formula is C20H24N2O. The van der Waals surface area contributed by atoms with Gasteiger partial charge in [-0.3, -0.25) is 9.69 Å². The minimum Gasteiger partial charge on any atom is -0.324 e. The number of fused-ring (bicyclic) bond motifs is 1. The van der Waals surface area contributed by atoms with Crippen LogP contribution in [0.5, 0.6) is 0 Å². The topological polar surface area (TPSA) is 32.3 Å². The van der Waals surface area contributed by atoms with Crippen LogP contribution in [0.4, 0.5) is 5.69 Å². The maximum atomic E-state index is 12.4. The first kappa shape index (κ1) is 15.8. The van der Waals surface area contributed by atoms with Gasteiger partial charge in [0.25, 0.3) is 0 Å². The van der Waals surface area contributed by atoms with Crippen molar-refractivity contribution in [3.63, 3.8) is 0 Å². The molecular weight excluding hydrogens is 284 g/mol. The number of hydrogen-bond donors (Lipinski definition) is 1. The fourth-order valence-electron chi connectivity index (χ4n) is 3.52. The van der Waals surface area contributed by atoms with E-state index in [0.29, 0.717) is 12.6 Å².